The summed E-state index contributed by atoms with van der Waals surface area (Å²) in [6.45, 7) is 0.761. The van der Waals surface area contributed by atoms with Crippen LogP contribution in [-0.4, -0.2) is 30.3 Å². The van der Waals surface area contributed by atoms with Crippen molar-refractivity contribution in [2.75, 3.05) is 13.2 Å². The Morgan fingerprint density at radius 1 is 0.909 bits per heavy atom. The molecule has 4 rings (SSSR count). The number of fused-ring (bicyclic) bond motifs is 3. The van der Waals surface area contributed by atoms with Gasteiger partial charge in [-0.1, -0.05) is 84.9 Å². The Balaban J connectivity index is 1.26. The van der Waals surface area contributed by atoms with Crippen LogP contribution in [0.1, 0.15) is 41.0 Å². The van der Waals surface area contributed by atoms with Gasteiger partial charge >= 0.3 is 12.1 Å². The number of hydrogen-bond donors (Lipinski definition) is 2. The number of nitrogens with one attached hydrogen (secondary N) is 1. The lowest BCUT2D eigenvalue weighted by Crippen LogP contribution is -2.26. The highest BCUT2D eigenvalue weighted by atomic mass is 16.5. The average molecular weight is 442 g/mol. The molecule has 0 saturated carbocycles. The monoisotopic (exact) mass is 441 g/mol. The summed E-state index contributed by atoms with van der Waals surface area (Å²) in [5.74, 6) is -0.758. The molecular weight excluding hydrogens is 414 g/mol. The summed E-state index contributed by atoms with van der Waals surface area (Å²) < 4.78 is 5.55. The van der Waals surface area contributed by atoms with E-state index in [1.54, 1.807) is 0 Å². The summed E-state index contributed by atoms with van der Waals surface area (Å²) >= 11 is 0. The summed E-state index contributed by atoms with van der Waals surface area (Å²) in [6, 6.07) is 24.3. The van der Waals surface area contributed by atoms with Crippen molar-refractivity contribution in [2.24, 2.45) is 0 Å². The number of amides is 1. The van der Waals surface area contributed by atoms with Gasteiger partial charge in [0.15, 0.2) is 0 Å². The van der Waals surface area contributed by atoms with Crippen LogP contribution in [0.3, 0.4) is 0 Å². The van der Waals surface area contributed by atoms with Gasteiger partial charge in [-0.2, -0.15) is 0 Å². The number of hydrogen-bond acceptors (Lipinski definition) is 3. The summed E-state index contributed by atoms with van der Waals surface area (Å²) in [6.07, 6.45) is 4.77. The molecule has 0 bridgehead atoms. The molecule has 0 unspecified atom stereocenters. The highest BCUT2D eigenvalue weighted by molar-refractivity contribution is 5.79. The number of aliphatic carboxylic acids is 1. The molecular formula is C28H27NO4. The minimum Gasteiger partial charge on any atom is -0.481 e. The van der Waals surface area contributed by atoms with Gasteiger partial charge in [0.1, 0.15) is 6.61 Å². The van der Waals surface area contributed by atoms with Crippen LogP contribution in [0.25, 0.3) is 17.2 Å². The summed E-state index contributed by atoms with van der Waals surface area (Å²) in [4.78, 5) is 23.1. The van der Waals surface area contributed by atoms with Crippen LogP contribution in [0.5, 0.6) is 0 Å². The molecule has 0 spiro atoms. The lowest BCUT2D eigenvalue weighted by Gasteiger charge is -2.14. The van der Waals surface area contributed by atoms with Gasteiger partial charge in [-0.05, 0) is 46.2 Å². The number of carboxylic acids is 1. The third-order valence-corrected chi connectivity index (χ3v) is 5.88. The summed E-state index contributed by atoms with van der Waals surface area (Å²) in [5.41, 5.74) is 6.79. The molecule has 0 aromatic heterocycles. The van der Waals surface area contributed by atoms with Crippen LogP contribution < -0.4 is 5.32 Å². The number of aryl methyl sites for hydroxylation is 1. The van der Waals surface area contributed by atoms with E-state index < -0.39 is 12.1 Å². The number of carboxylic acid groups (broad SMARTS) is 1. The fourth-order valence-electron chi connectivity index (χ4n) is 4.28. The zero-order chi connectivity index (χ0) is 23.0. The van der Waals surface area contributed by atoms with Gasteiger partial charge in [-0.3, -0.25) is 4.79 Å². The summed E-state index contributed by atoms with van der Waals surface area (Å²) in [7, 11) is 0. The van der Waals surface area contributed by atoms with Gasteiger partial charge in [0.2, 0.25) is 0 Å². The Morgan fingerprint density at radius 2 is 1.55 bits per heavy atom. The minimum absolute atomic E-state index is 0.0466. The molecule has 1 amide bonds. The second-order valence-corrected chi connectivity index (χ2v) is 8.04. The number of ether oxygens (including phenoxy) is 1. The zero-order valence-electron chi connectivity index (χ0n) is 18.4. The maximum absolute atomic E-state index is 12.2. The van der Waals surface area contributed by atoms with Crippen molar-refractivity contribution in [3.05, 3.63) is 101 Å². The highest BCUT2D eigenvalue weighted by Gasteiger charge is 2.28. The van der Waals surface area contributed by atoms with E-state index in [2.05, 4.69) is 29.6 Å². The Morgan fingerprint density at radius 3 is 2.24 bits per heavy atom. The standard InChI is InChI=1S/C28H27NO4/c30-27(31)17-16-21-10-2-1-9-20(21)11-7-8-18-29-28(32)33-19-26-24-14-5-3-12-22(24)23-13-4-6-15-25(23)26/h1-7,9-15,26H,8,16-19H2,(H,29,32)(H,30,31). The number of carbonyl (C=O) groups is 2. The normalized spacial score (nSPS) is 12.4. The fourth-order valence-corrected chi connectivity index (χ4v) is 4.28. The first-order valence-electron chi connectivity index (χ1n) is 11.2. The van der Waals surface area contributed by atoms with Crippen molar-refractivity contribution in [2.45, 2.75) is 25.2 Å². The lowest BCUT2D eigenvalue weighted by atomic mass is 9.98. The van der Waals surface area contributed by atoms with Crippen molar-refractivity contribution in [3.63, 3.8) is 0 Å². The molecule has 0 saturated heterocycles. The van der Waals surface area contributed by atoms with Crippen LogP contribution in [0.2, 0.25) is 0 Å². The molecule has 0 aliphatic heterocycles. The largest absolute Gasteiger partial charge is 0.481 e. The van der Waals surface area contributed by atoms with Gasteiger partial charge in [0.25, 0.3) is 0 Å². The minimum atomic E-state index is -0.805. The van der Waals surface area contributed by atoms with Crippen LogP contribution in [0.4, 0.5) is 4.79 Å². The van der Waals surface area contributed by atoms with Crippen LogP contribution in [-0.2, 0) is 16.0 Å². The molecule has 33 heavy (non-hydrogen) atoms. The molecule has 5 nitrogen and oxygen atoms in total. The van der Waals surface area contributed by atoms with E-state index in [4.69, 9.17) is 9.84 Å². The molecule has 0 atom stereocenters. The predicted octanol–water partition coefficient (Wildman–Crippen LogP) is 5.65. The molecule has 168 valence electrons. The van der Waals surface area contributed by atoms with Crippen molar-refractivity contribution in [3.8, 4) is 11.1 Å². The van der Waals surface area contributed by atoms with Crippen LogP contribution >= 0.6 is 0 Å². The maximum atomic E-state index is 12.2. The van der Waals surface area contributed by atoms with Gasteiger partial charge in [0.05, 0.1) is 0 Å². The fraction of sp³-hybridized carbons (Fsp3) is 0.214. The third kappa shape index (κ3) is 5.50. The summed E-state index contributed by atoms with van der Waals surface area (Å²) in [5, 5.41) is 11.7. The molecule has 0 radical (unpaired) electrons. The second kappa shape index (κ2) is 10.6. The Hall–Kier alpha value is -3.86. The van der Waals surface area contributed by atoms with Crippen molar-refractivity contribution in [1.82, 2.24) is 5.32 Å². The molecule has 0 fully saturated rings. The first kappa shape index (κ1) is 22.3. The first-order chi connectivity index (χ1) is 16.1. The van der Waals surface area contributed by atoms with Gasteiger partial charge < -0.3 is 15.2 Å². The van der Waals surface area contributed by atoms with E-state index in [1.807, 2.05) is 60.7 Å². The van der Waals surface area contributed by atoms with Crippen molar-refractivity contribution >= 4 is 18.1 Å². The smallest absolute Gasteiger partial charge is 0.407 e. The van der Waals surface area contributed by atoms with Gasteiger partial charge in [-0.25, -0.2) is 4.79 Å². The van der Waals surface area contributed by atoms with E-state index >= 15 is 0 Å². The Bertz CT molecular complexity index is 1120. The zero-order valence-corrected chi connectivity index (χ0v) is 18.4. The van der Waals surface area contributed by atoms with Crippen molar-refractivity contribution in [1.29, 1.82) is 0 Å². The first-order valence-corrected chi connectivity index (χ1v) is 11.2. The van der Waals surface area contributed by atoms with Crippen LogP contribution in [0, 0.1) is 0 Å². The number of alkyl carbamates (subject to hydrolysis) is 1. The van der Waals surface area contributed by atoms with E-state index in [1.165, 1.54) is 22.3 Å². The molecule has 3 aromatic rings. The lowest BCUT2D eigenvalue weighted by molar-refractivity contribution is -0.136. The highest BCUT2D eigenvalue weighted by Crippen LogP contribution is 2.44. The van der Waals surface area contributed by atoms with E-state index in [-0.39, 0.29) is 12.3 Å². The SMILES string of the molecule is O=C(O)CCc1ccccc1C=CCCNC(=O)OCC1c2ccccc2-c2ccccc21. The van der Waals surface area contributed by atoms with E-state index in [0.717, 1.165) is 11.1 Å². The number of benzene rings is 3. The van der Waals surface area contributed by atoms with Gasteiger partial charge in [-0.15, -0.1) is 0 Å². The second-order valence-electron chi connectivity index (χ2n) is 8.04. The quantitative estimate of drug-likeness (QED) is 0.421. The predicted molar refractivity (Wildman–Crippen MR) is 129 cm³/mol. The average Bonchev–Trinajstić information content (AvgIpc) is 3.15. The third-order valence-electron chi connectivity index (χ3n) is 5.88. The molecule has 1 aliphatic carbocycles. The van der Waals surface area contributed by atoms with Gasteiger partial charge in [0, 0.05) is 18.9 Å². The molecule has 2 N–H and O–H groups in total. The molecule has 1 aliphatic rings. The Kier molecular flexibility index (Phi) is 7.20. The molecule has 5 heteroatoms. The van der Waals surface area contributed by atoms with E-state index in [0.29, 0.717) is 26.0 Å². The molecule has 3 aromatic carbocycles. The maximum Gasteiger partial charge on any atom is 0.407 e. The molecule has 0 heterocycles. The van der Waals surface area contributed by atoms with E-state index in [9.17, 15) is 9.59 Å². The van der Waals surface area contributed by atoms with Crippen LogP contribution in [0.15, 0.2) is 78.9 Å². The number of carbonyl (C=O) groups excluding carboxylic acids is 1. The van der Waals surface area contributed by atoms with Crippen molar-refractivity contribution < 1.29 is 19.4 Å². The topological polar surface area (TPSA) is 75.6 Å². The number of rotatable bonds is 9. The Labute approximate surface area is 193 Å².